The molecule has 0 aromatic carbocycles. The van der Waals surface area contributed by atoms with E-state index in [0.717, 1.165) is 69.8 Å². The van der Waals surface area contributed by atoms with Gasteiger partial charge in [-0.1, -0.05) is 7.43 Å². The molecule has 0 spiro atoms. The van der Waals surface area contributed by atoms with E-state index >= 15 is 0 Å². The smallest absolute Gasteiger partial charge is 0.221 e. The Morgan fingerprint density at radius 1 is 0.357 bits per heavy atom. The molecule has 17 heteroatoms. The van der Waals surface area contributed by atoms with Crippen LogP contribution in [0.5, 0.6) is 0 Å². The predicted molar refractivity (Wildman–Crippen MR) is 220 cm³/mol. The maximum absolute atomic E-state index is 12.8. The minimum Gasteiger partial charge on any atom is -1.00 e. The standard InChI is InChI=1S/C38H80N10O4.CH4.3ClH/c1-45(2,3)31-13-21-39-35(49)17-25-43(26-18-36(50)40-22-14-32-46(4,5)6)29-30-44(27-19-37(51)41-23-15-33-47(7,8)9)28-20-38(52)42-24-16-34-48(10,11)12;;;;/h13-34H2,1-12H3;1H4;3*1H/p+1. The highest BCUT2D eigenvalue weighted by Gasteiger charge is 2.17. The Hall–Kier alpha value is -1.49. The van der Waals surface area contributed by atoms with Gasteiger partial charge in [0.25, 0.3) is 0 Å². The topological polar surface area (TPSA) is 123 Å². The van der Waals surface area contributed by atoms with Gasteiger partial charge in [0, 0.05) is 117 Å². The van der Waals surface area contributed by atoms with Gasteiger partial charge in [0.05, 0.1) is 111 Å². The molecular weight excluding hydrogens is 779 g/mol. The van der Waals surface area contributed by atoms with Gasteiger partial charge in [-0.25, -0.2) is 0 Å². The first kappa shape index (κ1) is 63.7. The SMILES string of the molecule is C.C[N+](C)(C)CCCNC(=O)CCN(CCC(=O)NCCC[N+](C)(C)C)CCN(CCC(=O)NCCC[N+](C)(C)C)CCC(=O)NCCC[N+](C)(C)C.[Cl-].[Cl-].[Cl-]. The summed E-state index contributed by atoms with van der Waals surface area (Å²) in [5.74, 6) is 0.0440. The maximum Gasteiger partial charge on any atom is 0.221 e. The van der Waals surface area contributed by atoms with Crippen LogP contribution >= 0.6 is 0 Å². The minimum absolute atomic E-state index is 0. The Morgan fingerprint density at radius 3 is 0.696 bits per heavy atom. The first-order valence-corrected chi connectivity index (χ1v) is 19.7. The fraction of sp³-hybridized carbons (Fsp3) is 0.897. The summed E-state index contributed by atoms with van der Waals surface area (Å²) in [6.07, 6.45) is 5.04. The summed E-state index contributed by atoms with van der Waals surface area (Å²) in [4.78, 5) is 55.4. The predicted octanol–water partition coefficient (Wildman–Crippen LogP) is -8.35. The molecule has 0 aliphatic rings. The van der Waals surface area contributed by atoms with Crippen LogP contribution in [0.25, 0.3) is 0 Å². The third kappa shape index (κ3) is 45.2. The maximum atomic E-state index is 12.8. The number of amides is 4. The Bertz CT molecular complexity index is 875. The van der Waals surface area contributed by atoms with Gasteiger partial charge in [0.2, 0.25) is 23.6 Å². The average molecular weight is 868 g/mol. The molecule has 0 aromatic rings. The zero-order chi connectivity index (χ0) is 39.8. The van der Waals surface area contributed by atoms with Crippen LogP contribution in [0.1, 0.15) is 58.8 Å². The van der Waals surface area contributed by atoms with Gasteiger partial charge in [-0.3, -0.25) is 19.2 Å². The lowest BCUT2D eigenvalue weighted by Crippen LogP contribution is -3.00. The second-order valence-electron chi connectivity index (χ2n) is 18.6. The number of halogens is 3. The lowest BCUT2D eigenvalue weighted by atomic mass is 10.2. The van der Waals surface area contributed by atoms with E-state index in [1.807, 2.05) is 0 Å². The monoisotopic (exact) mass is 866 g/mol. The van der Waals surface area contributed by atoms with Gasteiger partial charge in [-0.15, -0.1) is 0 Å². The molecule has 0 aliphatic carbocycles. The highest BCUT2D eigenvalue weighted by molar-refractivity contribution is 5.77. The van der Waals surface area contributed by atoms with Crippen LogP contribution in [0.2, 0.25) is 0 Å². The molecule has 14 nitrogen and oxygen atoms in total. The second-order valence-corrected chi connectivity index (χ2v) is 18.6. The Morgan fingerprint density at radius 2 is 0.536 bits per heavy atom. The molecule has 0 bridgehead atoms. The molecule has 0 aliphatic heterocycles. The molecule has 0 radical (unpaired) electrons. The summed E-state index contributed by atoms with van der Waals surface area (Å²) in [6.45, 7) is 9.88. The van der Waals surface area contributed by atoms with E-state index in [-0.39, 0.29) is 68.3 Å². The quantitative estimate of drug-likeness (QED) is 0.0407. The van der Waals surface area contributed by atoms with Crippen LogP contribution in [0.3, 0.4) is 0 Å². The first-order chi connectivity index (χ1) is 23.9. The van der Waals surface area contributed by atoms with Crippen molar-refractivity contribution in [3.63, 3.8) is 0 Å². The number of quaternary nitrogens is 4. The molecule has 0 saturated carbocycles. The number of rotatable bonds is 31. The van der Waals surface area contributed by atoms with Crippen LogP contribution in [-0.2, 0) is 19.2 Å². The Labute approximate surface area is 362 Å². The Balaban J connectivity index is -0.00000217. The van der Waals surface area contributed by atoms with Crippen LogP contribution < -0.4 is 58.5 Å². The molecule has 4 amide bonds. The summed E-state index contributed by atoms with van der Waals surface area (Å²) >= 11 is 0. The molecule has 0 atom stereocenters. The number of carbonyl (C=O) groups excluding carboxylic acids is 4. The number of nitrogens with one attached hydrogen (secondary N) is 4. The molecule has 0 rings (SSSR count). The summed E-state index contributed by atoms with van der Waals surface area (Å²) in [7, 11) is 25.7. The fourth-order valence-electron chi connectivity index (χ4n) is 5.47. The van der Waals surface area contributed by atoms with Crippen LogP contribution in [0.4, 0.5) is 0 Å². The van der Waals surface area contributed by atoms with E-state index in [2.05, 4.69) is 116 Å². The molecule has 0 aromatic heterocycles. The highest BCUT2D eigenvalue weighted by atomic mass is 35.5. The number of nitrogens with zero attached hydrogens (tertiary/aromatic N) is 6. The molecule has 56 heavy (non-hydrogen) atoms. The van der Waals surface area contributed by atoms with Gasteiger partial charge < -0.3 is 86.2 Å². The minimum atomic E-state index is 0. The van der Waals surface area contributed by atoms with Crippen LogP contribution in [0.15, 0.2) is 0 Å². The van der Waals surface area contributed by atoms with E-state index in [4.69, 9.17) is 0 Å². The van der Waals surface area contributed by atoms with Crippen molar-refractivity contribution >= 4 is 23.6 Å². The molecule has 0 unspecified atom stereocenters. The normalized spacial score (nSPS) is 11.8. The summed E-state index contributed by atoms with van der Waals surface area (Å²) in [5, 5.41) is 12.2. The van der Waals surface area contributed by atoms with E-state index in [9.17, 15) is 19.2 Å². The van der Waals surface area contributed by atoms with Crippen molar-refractivity contribution in [2.24, 2.45) is 0 Å². The zero-order valence-corrected chi connectivity index (χ0v) is 39.3. The third-order valence-corrected chi connectivity index (χ3v) is 8.66. The molecule has 0 fully saturated rings. The van der Waals surface area contributed by atoms with Crippen molar-refractivity contribution in [2.75, 3.05) is 176 Å². The first-order valence-electron chi connectivity index (χ1n) is 19.7. The lowest BCUT2D eigenvalue weighted by Gasteiger charge is -2.28. The number of carbonyl (C=O) groups is 4. The molecule has 0 saturated heterocycles. The lowest BCUT2D eigenvalue weighted by molar-refractivity contribution is -0.870. The molecule has 4 N–H and O–H groups in total. The van der Waals surface area contributed by atoms with E-state index in [1.165, 1.54) is 0 Å². The second kappa shape index (κ2) is 33.4. The van der Waals surface area contributed by atoms with E-state index in [1.54, 1.807) is 0 Å². The summed E-state index contributed by atoms with van der Waals surface area (Å²) in [6, 6.07) is 0. The van der Waals surface area contributed by atoms with Gasteiger partial charge in [-0.2, -0.15) is 0 Å². The van der Waals surface area contributed by atoms with Crippen molar-refractivity contribution in [1.82, 2.24) is 31.1 Å². The highest BCUT2D eigenvalue weighted by Crippen LogP contribution is 2.02. The molecule has 338 valence electrons. The van der Waals surface area contributed by atoms with Gasteiger partial charge in [0.1, 0.15) is 0 Å². The van der Waals surface area contributed by atoms with E-state index in [0.29, 0.717) is 91.1 Å². The van der Waals surface area contributed by atoms with E-state index < -0.39 is 0 Å². The van der Waals surface area contributed by atoms with Crippen LogP contribution in [-0.4, -0.2) is 228 Å². The zero-order valence-electron chi connectivity index (χ0n) is 37.0. The van der Waals surface area contributed by atoms with Crippen molar-refractivity contribution in [2.45, 2.75) is 58.8 Å². The van der Waals surface area contributed by atoms with Crippen LogP contribution in [0, 0.1) is 0 Å². The summed E-state index contributed by atoms with van der Waals surface area (Å²) < 4.78 is 3.42. The average Bonchev–Trinajstić information content (AvgIpc) is 3.00. The van der Waals surface area contributed by atoms with Gasteiger partial charge in [0.15, 0.2) is 0 Å². The van der Waals surface area contributed by atoms with Gasteiger partial charge >= 0.3 is 0 Å². The molecule has 0 heterocycles. The number of hydrogen-bond acceptors (Lipinski definition) is 6. The molecular formula is C39H88Cl3N10O4+. The van der Waals surface area contributed by atoms with Crippen molar-refractivity contribution < 1.29 is 74.3 Å². The largest absolute Gasteiger partial charge is 1.00 e. The van der Waals surface area contributed by atoms with Crippen molar-refractivity contribution in [1.29, 1.82) is 0 Å². The summed E-state index contributed by atoms with van der Waals surface area (Å²) in [5.41, 5.74) is 0. The Kier molecular flexibility index (Phi) is 37.9. The number of hydrogen-bond donors (Lipinski definition) is 4. The fourth-order valence-corrected chi connectivity index (χ4v) is 5.47. The van der Waals surface area contributed by atoms with Gasteiger partial charge in [-0.05, 0) is 0 Å². The van der Waals surface area contributed by atoms with Crippen molar-refractivity contribution in [3.8, 4) is 0 Å². The van der Waals surface area contributed by atoms with Crippen molar-refractivity contribution in [3.05, 3.63) is 0 Å². The third-order valence-electron chi connectivity index (χ3n) is 8.66.